The highest BCUT2D eigenvalue weighted by molar-refractivity contribution is 7.12. The van der Waals surface area contributed by atoms with Gasteiger partial charge in [0, 0.05) is 21.7 Å². The molecule has 0 aliphatic rings. The largest absolute Gasteiger partial charge is 0.496 e. The van der Waals surface area contributed by atoms with Crippen molar-refractivity contribution in [2.45, 2.75) is 39.7 Å². The monoisotopic (exact) mass is 434 g/mol. The van der Waals surface area contributed by atoms with Crippen LogP contribution in [0, 0.1) is 24.0 Å². The van der Waals surface area contributed by atoms with Crippen LogP contribution < -0.4 is 10.1 Å². The van der Waals surface area contributed by atoms with Gasteiger partial charge in [-0.25, -0.2) is 0 Å². The maximum atomic E-state index is 12.3. The van der Waals surface area contributed by atoms with E-state index in [1.807, 2.05) is 13.8 Å². The van der Waals surface area contributed by atoms with E-state index in [4.69, 9.17) is 9.47 Å². The number of methoxy groups -OCH3 is 1. The fraction of sp³-hybridized carbons (Fsp3) is 0.350. The van der Waals surface area contributed by atoms with E-state index >= 15 is 0 Å². The second-order valence-electron chi connectivity index (χ2n) is 6.51. The average molecular weight is 434 g/mol. The summed E-state index contributed by atoms with van der Waals surface area (Å²) in [6.07, 6.45) is -1.40. The van der Waals surface area contributed by atoms with Gasteiger partial charge in [-0.2, -0.15) is 0 Å². The molecule has 9 nitrogen and oxygen atoms in total. The number of ketones is 1. The molecule has 0 saturated carbocycles. The highest BCUT2D eigenvalue weighted by Gasteiger charge is 2.23. The van der Waals surface area contributed by atoms with E-state index in [1.54, 1.807) is 6.07 Å². The predicted molar refractivity (Wildman–Crippen MR) is 111 cm³/mol. The number of nitro benzene ring substituents is 1. The summed E-state index contributed by atoms with van der Waals surface area (Å²) in [6.45, 7) is 5.08. The van der Waals surface area contributed by atoms with Crippen LogP contribution in [-0.4, -0.2) is 35.8 Å². The number of benzene rings is 1. The molecule has 0 saturated heterocycles. The predicted octanol–water partition coefficient (Wildman–Crippen LogP) is 3.82. The molecule has 1 aromatic carbocycles. The number of hydrogen-bond acceptors (Lipinski definition) is 8. The normalized spacial score (nSPS) is 11.5. The van der Waals surface area contributed by atoms with E-state index in [2.05, 4.69) is 5.32 Å². The van der Waals surface area contributed by atoms with E-state index in [-0.39, 0.29) is 35.7 Å². The van der Waals surface area contributed by atoms with Crippen LogP contribution >= 0.6 is 11.3 Å². The van der Waals surface area contributed by atoms with E-state index in [0.717, 1.165) is 9.75 Å². The highest BCUT2D eigenvalue weighted by Crippen LogP contribution is 2.29. The lowest BCUT2D eigenvalue weighted by Crippen LogP contribution is -2.30. The lowest BCUT2D eigenvalue weighted by Gasteiger charge is -2.14. The number of Topliss-reactive ketones (excluding diaryl/α,β-unsaturated/α-hetero) is 1. The van der Waals surface area contributed by atoms with Gasteiger partial charge in [-0.3, -0.25) is 24.5 Å². The van der Waals surface area contributed by atoms with E-state index in [9.17, 15) is 24.5 Å². The molecule has 10 heteroatoms. The van der Waals surface area contributed by atoms with Crippen LogP contribution in [0.1, 0.15) is 39.9 Å². The van der Waals surface area contributed by atoms with Crippen molar-refractivity contribution in [1.29, 1.82) is 0 Å². The van der Waals surface area contributed by atoms with Crippen LogP contribution in [0.3, 0.4) is 0 Å². The van der Waals surface area contributed by atoms with Gasteiger partial charge in [-0.1, -0.05) is 0 Å². The zero-order valence-electron chi connectivity index (χ0n) is 17.0. The molecule has 0 radical (unpaired) electrons. The molecule has 0 spiro atoms. The third-order valence-corrected chi connectivity index (χ3v) is 5.20. The lowest BCUT2D eigenvalue weighted by molar-refractivity contribution is -0.384. The number of nitrogens with zero attached hydrogens (tertiary/aromatic N) is 1. The van der Waals surface area contributed by atoms with Crippen molar-refractivity contribution in [2.75, 3.05) is 12.4 Å². The van der Waals surface area contributed by atoms with Crippen LogP contribution in [0.25, 0.3) is 0 Å². The minimum absolute atomic E-state index is 0.0336. The van der Waals surface area contributed by atoms with Crippen molar-refractivity contribution in [3.05, 3.63) is 49.7 Å². The number of nitrogens with one attached hydrogen (secondary N) is 1. The van der Waals surface area contributed by atoms with Crippen molar-refractivity contribution in [2.24, 2.45) is 0 Å². The Hall–Kier alpha value is -3.27. The molecule has 0 fully saturated rings. The third kappa shape index (κ3) is 5.86. The van der Waals surface area contributed by atoms with Crippen molar-refractivity contribution < 1.29 is 28.8 Å². The fourth-order valence-corrected chi connectivity index (χ4v) is 3.64. The van der Waals surface area contributed by atoms with Crippen molar-refractivity contribution in [3.8, 4) is 5.75 Å². The number of anilines is 1. The Bertz CT molecular complexity index is 984. The summed E-state index contributed by atoms with van der Waals surface area (Å²) in [4.78, 5) is 49.0. The summed E-state index contributed by atoms with van der Waals surface area (Å²) in [5, 5.41) is 13.6. The van der Waals surface area contributed by atoms with E-state index in [0.29, 0.717) is 5.56 Å². The first-order valence-corrected chi connectivity index (χ1v) is 9.87. The fourth-order valence-electron chi connectivity index (χ4n) is 2.70. The molecule has 30 heavy (non-hydrogen) atoms. The number of ether oxygens (including phenoxy) is 2. The summed E-state index contributed by atoms with van der Waals surface area (Å²) < 4.78 is 9.99. The number of thiophene rings is 1. The van der Waals surface area contributed by atoms with Crippen molar-refractivity contribution in [1.82, 2.24) is 0 Å². The molecule has 160 valence electrons. The number of carbonyl (C=O) groups is 3. The maximum Gasteiger partial charge on any atom is 0.307 e. The summed E-state index contributed by atoms with van der Waals surface area (Å²) in [7, 11) is 1.37. The Balaban J connectivity index is 1.92. The van der Waals surface area contributed by atoms with Gasteiger partial charge >= 0.3 is 5.97 Å². The Morgan fingerprint density at radius 2 is 1.90 bits per heavy atom. The molecule has 0 aliphatic carbocycles. The number of hydrogen-bond donors (Lipinski definition) is 1. The number of amides is 1. The maximum absolute atomic E-state index is 12.3. The molecule has 1 amide bonds. The first-order valence-electron chi connectivity index (χ1n) is 9.05. The average Bonchev–Trinajstić information content (AvgIpc) is 3.04. The second-order valence-corrected chi connectivity index (χ2v) is 7.97. The van der Waals surface area contributed by atoms with Gasteiger partial charge in [0.05, 0.1) is 24.5 Å². The van der Waals surface area contributed by atoms with Crippen molar-refractivity contribution in [3.63, 3.8) is 0 Å². The van der Waals surface area contributed by atoms with Gasteiger partial charge in [0.2, 0.25) is 0 Å². The van der Waals surface area contributed by atoms with Crippen LogP contribution in [0.4, 0.5) is 11.4 Å². The Labute approximate surface area is 177 Å². The summed E-state index contributed by atoms with van der Waals surface area (Å²) >= 11 is 1.51. The Kier molecular flexibility index (Phi) is 7.65. The molecule has 1 heterocycles. The quantitative estimate of drug-likeness (QED) is 0.275. The summed E-state index contributed by atoms with van der Waals surface area (Å²) in [6, 6.07) is 5.74. The molecule has 2 rings (SSSR count). The summed E-state index contributed by atoms with van der Waals surface area (Å²) in [5.41, 5.74) is 0.184. The van der Waals surface area contributed by atoms with Crippen molar-refractivity contribution >= 4 is 40.4 Å². The molecular weight excluding hydrogens is 412 g/mol. The molecule has 1 atom stereocenters. The molecule has 0 bridgehead atoms. The molecule has 1 aromatic heterocycles. The number of aryl methyl sites for hydroxylation is 2. The first-order chi connectivity index (χ1) is 14.1. The number of carbonyl (C=O) groups excluding carboxylic acids is 3. The van der Waals surface area contributed by atoms with Gasteiger partial charge < -0.3 is 14.8 Å². The number of esters is 1. The molecule has 2 aromatic rings. The molecule has 1 unspecified atom stereocenters. The second kappa shape index (κ2) is 9.97. The lowest BCUT2D eigenvalue weighted by atomic mass is 10.1. The van der Waals surface area contributed by atoms with Crippen LogP contribution in [-0.2, 0) is 14.3 Å². The first kappa shape index (κ1) is 23.0. The van der Waals surface area contributed by atoms with Crippen LogP contribution in [0.15, 0.2) is 24.3 Å². The van der Waals surface area contributed by atoms with Gasteiger partial charge in [0.25, 0.3) is 11.6 Å². The minimum atomic E-state index is -1.19. The minimum Gasteiger partial charge on any atom is -0.496 e. The van der Waals surface area contributed by atoms with Gasteiger partial charge in [0.1, 0.15) is 11.4 Å². The molecular formula is C20H22N2O7S. The smallest absolute Gasteiger partial charge is 0.307 e. The van der Waals surface area contributed by atoms with E-state index in [1.165, 1.54) is 43.6 Å². The standard InChI is InChI=1S/C20H22N2O7S/c1-11-9-15(13(3)30-11)18(23)7-8-19(24)29-12(2)20(25)21-16-6-5-14(28-4)10-17(16)22(26)27/h5-6,9-10,12H,7-8H2,1-4H3,(H,21,25). The van der Waals surface area contributed by atoms with Crippen LogP contribution in [0.2, 0.25) is 0 Å². The van der Waals surface area contributed by atoms with Gasteiger partial charge in [-0.05, 0) is 39.0 Å². The number of rotatable bonds is 9. The van der Waals surface area contributed by atoms with Gasteiger partial charge in [0.15, 0.2) is 11.9 Å². The molecule has 1 N–H and O–H groups in total. The van der Waals surface area contributed by atoms with Crippen LogP contribution in [0.5, 0.6) is 5.75 Å². The zero-order chi connectivity index (χ0) is 22.4. The highest BCUT2D eigenvalue weighted by atomic mass is 32.1. The Morgan fingerprint density at radius 3 is 2.47 bits per heavy atom. The van der Waals surface area contributed by atoms with Gasteiger partial charge in [-0.15, -0.1) is 11.3 Å². The topological polar surface area (TPSA) is 125 Å². The number of nitro groups is 1. The SMILES string of the molecule is COc1ccc(NC(=O)C(C)OC(=O)CCC(=O)c2cc(C)sc2C)c([N+](=O)[O-])c1. The Morgan fingerprint density at radius 1 is 1.20 bits per heavy atom. The zero-order valence-corrected chi connectivity index (χ0v) is 17.8. The van der Waals surface area contributed by atoms with E-state index < -0.39 is 22.9 Å². The third-order valence-electron chi connectivity index (χ3n) is 4.23. The summed E-state index contributed by atoms with van der Waals surface area (Å²) in [5.74, 6) is -1.34. The molecule has 0 aliphatic heterocycles.